The van der Waals surface area contributed by atoms with Crippen LogP contribution >= 0.6 is 11.6 Å². The van der Waals surface area contributed by atoms with Crippen LogP contribution in [-0.4, -0.2) is 34.3 Å². The molecule has 1 heterocycles. The number of ether oxygens (including phenoxy) is 1. The number of benzene rings is 2. The number of aliphatic hydroxyl groups is 1. The lowest BCUT2D eigenvalue weighted by molar-refractivity contribution is -0.141. The summed E-state index contributed by atoms with van der Waals surface area (Å²) >= 11 is 6.21. The van der Waals surface area contributed by atoms with E-state index in [9.17, 15) is 14.7 Å². The highest BCUT2D eigenvalue weighted by Gasteiger charge is 2.49. The fourth-order valence-electron chi connectivity index (χ4n) is 4.87. The van der Waals surface area contributed by atoms with Crippen LogP contribution in [0.5, 0.6) is 5.75 Å². The van der Waals surface area contributed by atoms with Gasteiger partial charge in [0.15, 0.2) is 0 Å². The smallest absolute Gasteiger partial charge is 0.295 e. The minimum atomic E-state index is -0.648. The van der Waals surface area contributed by atoms with Crippen LogP contribution < -0.4 is 4.74 Å². The van der Waals surface area contributed by atoms with E-state index in [4.69, 9.17) is 16.3 Å². The van der Waals surface area contributed by atoms with Crippen molar-refractivity contribution in [3.8, 4) is 5.75 Å². The monoisotopic (exact) mass is 467 g/mol. The number of halogens is 1. The van der Waals surface area contributed by atoms with Gasteiger partial charge in [0.2, 0.25) is 0 Å². The quantitative estimate of drug-likeness (QED) is 0.311. The zero-order valence-corrected chi connectivity index (χ0v) is 20.1. The molecule has 0 aromatic heterocycles. The fourth-order valence-corrected chi connectivity index (χ4v) is 5.04. The molecule has 0 spiro atoms. The number of hydrogen-bond acceptors (Lipinski definition) is 4. The molecule has 1 unspecified atom stereocenters. The second kappa shape index (κ2) is 9.60. The van der Waals surface area contributed by atoms with Crippen molar-refractivity contribution in [2.75, 3.05) is 6.61 Å². The predicted octanol–water partition coefficient (Wildman–Crippen LogP) is 6.23. The largest absolute Gasteiger partial charge is 0.507 e. The molecule has 4 rings (SSSR count). The molecule has 2 aliphatic rings. The number of carbonyl (C=O) groups is 2. The Morgan fingerprint density at radius 3 is 2.39 bits per heavy atom. The molecule has 1 N–H and O–H groups in total. The SMILES string of the molecule is CCOc1cc(/C(O)=C2/C(=O)C(=O)N(C3CCCC3)C2c2ccc(C(C)C)cc2)ccc1Cl. The average molecular weight is 468 g/mol. The van der Waals surface area contributed by atoms with Gasteiger partial charge in [-0.25, -0.2) is 0 Å². The zero-order valence-electron chi connectivity index (χ0n) is 19.3. The van der Waals surface area contributed by atoms with E-state index in [0.717, 1.165) is 31.2 Å². The number of carbonyl (C=O) groups excluding carboxylic acids is 2. The summed E-state index contributed by atoms with van der Waals surface area (Å²) in [7, 11) is 0. The Kier molecular flexibility index (Phi) is 6.80. The number of ketones is 1. The van der Waals surface area contributed by atoms with Gasteiger partial charge in [-0.3, -0.25) is 9.59 Å². The number of likely N-dealkylation sites (tertiary alicyclic amines) is 1. The van der Waals surface area contributed by atoms with Gasteiger partial charge in [-0.05, 0) is 55.0 Å². The van der Waals surface area contributed by atoms with E-state index in [-0.39, 0.29) is 17.4 Å². The predicted molar refractivity (Wildman–Crippen MR) is 130 cm³/mol. The Labute approximate surface area is 200 Å². The van der Waals surface area contributed by atoms with Crippen molar-refractivity contribution in [3.63, 3.8) is 0 Å². The molecule has 1 aliphatic carbocycles. The summed E-state index contributed by atoms with van der Waals surface area (Å²) in [5.41, 5.74) is 2.52. The molecule has 1 amide bonds. The molecule has 1 aliphatic heterocycles. The van der Waals surface area contributed by atoms with Crippen molar-refractivity contribution >= 4 is 29.1 Å². The van der Waals surface area contributed by atoms with Crippen LogP contribution in [0.3, 0.4) is 0 Å². The maximum atomic E-state index is 13.3. The zero-order chi connectivity index (χ0) is 23.7. The number of aliphatic hydroxyl groups excluding tert-OH is 1. The highest BCUT2D eigenvalue weighted by atomic mass is 35.5. The molecule has 0 radical (unpaired) electrons. The normalized spacial score (nSPS) is 20.8. The van der Waals surface area contributed by atoms with Crippen molar-refractivity contribution in [1.29, 1.82) is 0 Å². The van der Waals surface area contributed by atoms with Crippen LogP contribution in [0.1, 0.15) is 75.1 Å². The highest BCUT2D eigenvalue weighted by molar-refractivity contribution is 6.46. The summed E-state index contributed by atoms with van der Waals surface area (Å²) in [6, 6.07) is 12.2. The van der Waals surface area contributed by atoms with Crippen LogP contribution in [0.2, 0.25) is 5.02 Å². The molecule has 2 aromatic rings. The number of amides is 1. The summed E-state index contributed by atoms with van der Waals surface area (Å²) in [6.07, 6.45) is 3.79. The lowest BCUT2D eigenvalue weighted by Crippen LogP contribution is -2.37. The third kappa shape index (κ3) is 4.39. The van der Waals surface area contributed by atoms with Gasteiger partial charge in [0.1, 0.15) is 11.5 Å². The first kappa shape index (κ1) is 23.4. The second-order valence-electron chi connectivity index (χ2n) is 9.04. The van der Waals surface area contributed by atoms with Crippen LogP contribution in [-0.2, 0) is 9.59 Å². The molecular weight excluding hydrogens is 438 g/mol. The number of Topliss-reactive ketones (excluding diaryl/α,β-unsaturated/α-hetero) is 1. The maximum Gasteiger partial charge on any atom is 0.295 e. The van der Waals surface area contributed by atoms with E-state index < -0.39 is 17.7 Å². The molecular formula is C27H30ClNO4. The Morgan fingerprint density at radius 2 is 1.79 bits per heavy atom. The topological polar surface area (TPSA) is 66.8 Å². The van der Waals surface area contributed by atoms with Crippen LogP contribution in [0, 0.1) is 0 Å². The van der Waals surface area contributed by atoms with Crippen molar-refractivity contribution in [2.45, 2.75) is 64.5 Å². The first-order valence-electron chi connectivity index (χ1n) is 11.7. The van der Waals surface area contributed by atoms with Crippen molar-refractivity contribution in [2.24, 2.45) is 0 Å². The second-order valence-corrected chi connectivity index (χ2v) is 9.45. The van der Waals surface area contributed by atoms with Gasteiger partial charge in [-0.2, -0.15) is 0 Å². The Morgan fingerprint density at radius 1 is 1.12 bits per heavy atom. The number of nitrogens with zero attached hydrogens (tertiary/aromatic N) is 1. The number of hydrogen-bond donors (Lipinski definition) is 1. The molecule has 33 heavy (non-hydrogen) atoms. The molecule has 1 atom stereocenters. The van der Waals surface area contributed by atoms with E-state index in [1.807, 2.05) is 31.2 Å². The molecule has 0 bridgehead atoms. The van der Waals surface area contributed by atoms with Crippen LogP contribution in [0.4, 0.5) is 0 Å². The molecule has 2 aromatic carbocycles. The fraction of sp³-hybridized carbons (Fsp3) is 0.407. The number of rotatable bonds is 6. The third-order valence-electron chi connectivity index (χ3n) is 6.62. The summed E-state index contributed by atoms with van der Waals surface area (Å²) in [5, 5.41) is 11.7. The first-order chi connectivity index (χ1) is 15.8. The Hall–Kier alpha value is -2.79. The van der Waals surface area contributed by atoms with Crippen molar-refractivity contribution in [1.82, 2.24) is 4.90 Å². The third-order valence-corrected chi connectivity index (χ3v) is 6.93. The van der Waals surface area contributed by atoms with E-state index in [2.05, 4.69) is 13.8 Å². The molecule has 1 saturated heterocycles. The minimum absolute atomic E-state index is 0.00858. The summed E-state index contributed by atoms with van der Waals surface area (Å²) in [5.74, 6) is -0.604. The molecule has 6 heteroatoms. The van der Waals surface area contributed by atoms with Crippen molar-refractivity contribution in [3.05, 3.63) is 69.8 Å². The average Bonchev–Trinajstić information content (AvgIpc) is 3.42. The van der Waals surface area contributed by atoms with Gasteiger partial charge < -0.3 is 14.7 Å². The standard InChI is InChI=1S/C27H30ClNO4/c1-4-33-22-15-19(13-14-21(22)28)25(30)23-24(18-11-9-17(10-12-18)16(2)3)29(27(32)26(23)31)20-7-5-6-8-20/h9-16,20,24,30H,4-8H2,1-3H3/b25-23-. The summed E-state index contributed by atoms with van der Waals surface area (Å²) in [4.78, 5) is 28.2. The lowest BCUT2D eigenvalue weighted by atomic mass is 9.92. The Balaban J connectivity index is 1.86. The van der Waals surface area contributed by atoms with E-state index >= 15 is 0 Å². The van der Waals surface area contributed by atoms with Gasteiger partial charge >= 0.3 is 0 Å². The van der Waals surface area contributed by atoms with E-state index in [1.165, 1.54) is 5.56 Å². The Bertz CT molecular complexity index is 1080. The highest BCUT2D eigenvalue weighted by Crippen LogP contribution is 2.44. The summed E-state index contributed by atoms with van der Waals surface area (Å²) < 4.78 is 5.56. The van der Waals surface area contributed by atoms with E-state index in [1.54, 1.807) is 23.1 Å². The van der Waals surface area contributed by atoms with Gasteiger partial charge in [0, 0.05) is 11.6 Å². The van der Waals surface area contributed by atoms with Crippen molar-refractivity contribution < 1.29 is 19.4 Å². The maximum absolute atomic E-state index is 13.3. The summed E-state index contributed by atoms with van der Waals surface area (Å²) in [6.45, 7) is 6.50. The molecule has 1 saturated carbocycles. The lowest BCUT2D eigenvalue weighted by Gasteiger charge is -2.31. The van der Waals surface area contributed by atoms with Gasteiger partial charge in [-0.15, -0.1) is 0 Å². The molecule has 5 nitrogen and oxygen atoms in total. The van der Waals surface area contributed by atoms with E-state index in [0.29, 0.717) is 28.9 Å². The van der Waals surface area contributed by atoms with Gasteiger partial charge in [0.05, 0.1) is 23.2 Å². The molecule has 2 fully saturated rings. The minimum Gasteiger partial charge on any atom is -0.507 e. The van der Waals surface area contributed by atoms with Gasteiger partial charge in [0.25, 0.3) is 11.7 Å². The first-order valence-corrected chi connectivity index (χ1v) is 12.0. The van der Waals surface area contributed by atoms with Gasteiger partial charge in [-0.1, -0.05) is 62.6 Å². The van der Waals surface area contributed by atoms with Crippen LogP contribution in [0.15, 0.2) is 48.0 Å². The molecule has 174 valence electrons. The van der Waals surface area contributed by atoms with Crippen LogP contribution in [0.25, 0.3) is 5.76 Å².